The summed E-state index contributed by atoms with van der Waals surface area (Å²) in [7, 11) is -4.41. The Morgan fingerprint density at radius 1 is 0.733 bits per heavy atom. The van der Waals surface area contributed by atoms with E-state index in [-0.39, 0.29) is 6.61 Å². The predicted molar refractivity (Wildman–Crippen MR) is 122 cm³/mol. The Kier molecular flexibility index (Phi) is 4.84. The van der Waals surface area contributed by atoms with Crippen molar-refractivity contribution in [2.75, 3.05) is 6.61 Å². The first-order valence-corrected chi connectivity index (χ1v) is 11.6. The molecule has 0 radical (unpaired) electrons. The van der Waals surface area contributed by atoms with Crippen molar-refractivity contribution in [3.63, 3.8) is 0 Å². The summed E-state index contributed by atoms with van der Waals surface area (Å²) in [5.41, 5.74) is 2.35. The van der Waals surface area contributed by atoms with Gasteiger partial charge in [0.2, 0.25) is 0 Å². The van der Waals surface area contributed by atoms with Crippen molar-refractivity contribution in [3.8, 4) is 0 Å². The van der Waals surface area contributed by atoms with Gasteiger partial charge in [-0.25, -0.2) is 4.57 Å². The molecular formula is C24H22NO4P. The maximum absolute atomic E-state index is 10.9. The molecule has 0 unspecified atom stereocenters. The maximum atomic E-state index is 10.9. The number of unbranched alkanes of at least 4 members (excludes halogenated alkanes) is 1. The molecule has 152 valence electrons. The van der Waals surface area contributed by atoms with Crippen LogP contribution in [0.15, 0.2) is 72.8 Å². The Labute approximate surface area is 173 Å². The van der Waals surface area contributed by atoms with Crippen LogP contribution in [0.3, 0.4) is 0 Å². The first-order chi connectivity index (χ1) is 14.5. The molecule has 5 rings (SSSR count). The molecular weight excluding hydrogens is 397 g/mol. The summed E-state index contributed by atoms with van der Waals surface area (Å²) < 4.78 is 17.8. The zero-order valence-electron chi connectivity index (χ0n) is 16.4. The molecule has 0 bridgehead atoms. The number of rotatable bonds is 6. The Hall–Kier alpha value is -2.69. The van der Waals surface area contributed by atoms with Crippen molar-refractivity contribution in [3.05, 3.63) is 72.8 Å². The lowest BCUT2D eigenvalue weighted by atomic mass is 10.00. The van der Waals surface area contributed by atoms with E-state index in [4.69, 9.17) is 9.79 Å². The van der Waals surface area contributed by atoms with E-state index in [1.54, 1.807) is 0 Å². The van der Waals surface area contributed by atoms with Crippen LogP contribution in [0.1, 0.15) is 12.8 Å². The van der Waals surface area contributed by atoms with E-state index in [1.165, 1.54) is 43.4 Å². The first-order valence-electron chi connectivity index (χ1n) is 10.0. The molecule has 0 aliphatic carbocycles. The second-order valence-electron chi connectivity index (χ2n) is 7.54. The van der Waals surface area contributed by atoms with Crippen molar-refractivity contribution in [1.29, 1.82) is 0 Å². The van der Waals surface area contributed by atoms with Crippen LogP contribution in [0.2, 0.25) is 0 Å². The van der Waals surface area contributed by atoms with Gasteiger partial charge < -0.3 is 14.4 Å². The summed E-state index contributed by atoms with van der Waals surface area (Å²) in [6, 6.07) is 25.6. The number of phosphoric ester groups is 1. The molecule has 0 spiro atoms. The number of hydrogen-bond acceptors (Lipinski definition) is 2. The van der Waals surface area contributed by atoms with E-state index in [2.05, 4.69) is 81.9 Å². The molecule has 0 atom stereocenters. The van der Waals surface area contributed by atoms with Gasteiger partial charge in [0.25, 0.3) is 0 Å². The van der Waals surface area contributed by atoms with Crippen molar-refractivity contribution in [2.45, 2.75) is 19.4 Å². The van der Waals surface area contributed by atoms with Crippen LogP contribution in [0, 0.1) is 0 Å². The van der Waals surface area contributed by atoms with E-state index < -0.39 is 7.82 Å². The third kappa shape index (κ3) is 3.40. The normalized spacial score (nSPS) is 12.5. The fourth-order valence-corrected chi connectivity index (χ4v) is 4.79. The molecule has 0 fully saturated rings. The third-order valence-corrected chi connectivity index (χ3v) is 6.20. The topological polar surface area (TPSA) is 71.7 Å². The standard InChI is InChI=1S/C24H22NO4P/c26-30(27,28)29-16-6-5-15-25-21-13-11-17-7-1-3-9-19(17)23(21)24-20-10-4-2-8-18(20)12-14-22(24)25/h1-4,7-14H,5-6,15-16H2,(H2,26,27,28). The molecule has 6 heteroatoms. The van der Waals surface area contributed by atoms with Gasteiger partial charge in [-0.1, -0.05) is 60.7 Å². The Morgan fingerprint density at radius 3 is 1.80 bits per heavy atom. The number of aryl methyl sites for hydroxylation is 1. The SMILES string of the molecule is O=P(O)(O)OCCCCn1c2ccc3ccccc3c2c2c3ccccc3ccc21. The molecule has 0 saturated heterocycles. The summed E-state index contributed by atoms with van der Waals surface area (Å²) >= 11 is 0. The highest BCUT2D eigenvalue weighted by molar-refractivity contribution is 7.46. The van der Waals surface area contributed by atoms with Crippen LogP contribution in [0.5, 0.6) is 0 Å². The van der Waals surface area contributed by atoms with Crippen LogP contribution in [-0.4, -0.2) is 21.0 Å². The number of fused-ring (bicyclic) bond motifs is 7. The molecule has 5 nitrogen and oxygen atoms in total. The van der Waals surface area contributed by atoms with Gasteiger partial charge in [-0.15, -0.1) is 0 Å². The summed E-state index contributed by atoms with van der Waals surface area (Å²) in [5.74, 6) is 0. The minimum atomic E-state index is -4.41. The molecule has 0 saturated carbocycles. The molecule has 0 aliphatic rings. The molecule has 5 aromatic rings. The van der Waals surface area contributed by atoms with E-state index in [0.29, 0.717) is 6.42 Å². The highest BCUT2D eigenvalue weighted by Gasteiger charge is 2.16. The van der Waals surface area contributed by atoms with Gasteiger partial charge in [-0.2, -0.15) is 0 Å². The van der Waals surface area contributed by atoms with Crippen LogP contribution in [-0.2, 0) is 15.6 Å². The lowest BCUT2D eigenvalue weighted by Gasteiger charge is -2.09. The monoisotopic (exact) mass is 419 g/mol. The highest BCUT2D eigenvalue weighted by atomic mass is 31.2. The molecule has 1 aromatic heterocycles. The van der Waals surface area contributed by atoms with Gasteiger partial charge >= 0.3 is 7.82 Å². The van der Waals surface area contributed by atoms with Crippen LogP contribution >= 0.6 is 7.82 Å². The minimum absolute atomic E-state index is 0.0489. The van der Waals surface area contributed by atoms with Gasteiger partial charge in [0.05, 0.1) is 6.61 Å². The van der Waals surface area contributed by atoms with Crippen molar-refractivity contribution in [2.24, 2.45) is 0 Å². The minimum Gasteiger partial charge on any atom is -0.340 e. The zero-order valence-corrected chi connectivity index (χ0v) is 17.3. The van der Waals surface area contributed by atoms with Gasteiger partial charge in [0.1, 0.15) is 0 Å². The van der Waals surface area contributed by atoms with Gasteiger partial charge in [0, 0.05) is 28.4 Å². The number of aromatic nitrogens is 1. The Morgan fingerprint density at radius 2 is 1.27 bits per heavy atom. The predicted octanol–water partition coefficient (Wildman–Crippen LogP) is 5.99. The molecule has 0 amide bonds. The Bertz CT molecular complexity index is 1340. The summed E-state index contributed by atoms with van der Waals surface area (Å²) in [6.07, 6.45) is 1.34. The van der Waals surface area contributed by atoms with Crippen LogP contribution in [0.25, 0.3) is 43.4 Å². The van der Waals surface area contributed by atoms with Crippen LogP contribution < -0.4 is 0 Å². The fourth-order valence-electron chi connectivity index (χ4n) is 4.42. The number of nitrogens with zero attached hydrogens (tertiary/aromatic N) is 1. The van der Waals surface area contributed by atoms with Crippen molar-refractivity contribution in [1.82, 2.24) is 4.57 Å². The lowest BCUT2D eigenvalue weighted by Crippen LogP contribution is -2.00. The molecule has 4 aromatic carbocycles. The summed E-state index contributed by atoms with van der Waals surface area (Å²) in [4.78, 5) is 17.7. The fraction of sp³-hybridized carbons (Fsp3) is 0.167. The van der Waals surface area contributed by atoms with E-state index in [9.17, 15) is 4.57 Å². The van der Waals surface area contributed by atoms with Crippen molar-refractivity contribution < 1.29 is 18.9 Å². The largest absolute Gasteiger partial charge is 0.469 e. The summed E-state index contributed by atoms with van der Waals surface area (Å²) in [5, 5.41) is 7.41. The Balaban J connectivity index is 1.67. The average Bonchev–Trinajstić information content (AvgIpc) is 3.07. The number of phosphoric acid groups is 1. The van der Waals surface area contributed by atoms with E-state index >= 15 is 0 Å². The highest BCUT2D eigenvalue weighted by Crippen LogP contribution is 2.39. The number of benzene rings is 4. The summed E-state index contributed by atoms with van der Waals surface area (Å²) in [6.45, 7) is 0.800. The molecule has 0 aliphatic heterocycles. The molecule has 2 N–H and O–H groups in total. The first kappa shape index (κ1) is 19.3. The second-order valence-corrected chi connectivity index (χ2v) is 8.78. The smallest absolute Gasteiger partial charge is 0.340 e. The quantitative estimate of drug-likeness (QED) is 0.262. The third-order valence-electron chi connectivity index (χ3n) is 5.68. The van der Waals surface area contributed by atoms with E-state index in [0.717, 1.165) is 13.0 Å². The zero-order chi connectivity index (χ0) is 20.7. The van der Waals surface area contributed by atoms with Crippen molar-refractivity contribution >= 4 is 51.2 Å². The van der Waals surface area contributed by atoms with Gasteiger partial charge in [-0.05, 0) is 46.5 Å². The maximum Gasteiger partial charge on any atom is 0.469 e. The molecule has 1 heterocycles. The molecule has 30 heavy (non-hydrogen) atoms. The van der Waals surface area contributed by atoms with Crippen LogP contribution in [0.4, 0.5) is 0 Å². The number of hydrogen-bond donors (Lipinski definition) is 2. The van der Waals surface area contributed by atoms with Gasteiger partial charge in [-0.3, -0.25) is 4.52 Å². The lowest BCUT2D eigenvalue weighted by molar-refractivity contribution is 0.193. The van der Waals surface area contributed by atoms with Gasteiger partial charge in [0.15, 0.2) is 0 Å². The average molecular weight is 419 g/mol. The second kappa shape index (κ2) is 7.53. The van der Waals surface area contributed by atoms with E-state index in [1.807, 2.05) is 0 Å².